The summed E-state index contributed by atoms with van der Waals surface area (Å²) in [5.74, 6) is 0.429. The predicted octanol–water partition coefficient (Wildman–Crippen LogP) is 2.09. The monoisotopic (exact) mass is 136 g/mol. The number of nitriles is 2. The van der Waals surface area contributed by atoms with Crippen molar-refractivity contribution in [1.82, 2.24) is 0 Å². The fraction of sp³-hybridized carbons (Fsp3) is 0.750. The van der Waals surface area contributed by atoms with Gasteiger partial charge in [0.15, 0.2) is 0 Å². The van der Waals surface area contributed by atoms with E-state index in [2.05, 4.69) is 12.1 Å². The molecule has 0 saturated heterocycles. The summed E-state index contributed by atoms with van der Waals surface area (Å²) < 4.78 is 0. The van der Waals surface area contributed by atoms with E-state index in [0.29, 0.717) is 12.3 Å². The fourth-order valence-electron chi connectivity index (χ4n) is 0.669. The second-order valence-electron chi connectivity index (χ2n) is 2.59. The summed E-state index contributed by atoms with van der Waals surface area (Å²) in [5, 5.41) is 16.7. The highest BCUT2D eigenvalue weighted by molar-refractivity contribution is 4.84. The summed E-state index contributed by atoms with van der Waals surface area (Å²) in [5.41, 5.74) is 0. The summed E-state index contributed by atoms with van der Waals surface area (Å²) in [6, 6.07) is 4.23. The maximum Gasteiger partial charge on any atom is 0.0655 e. The molecule has 10 heavy (non-hydrogen) atoms. The third-order valence-electron chi connectivity index (χ3n) is 1.77. The van der Waals surface area contributed by atoms with Crippen LogP contribution in [0.15, 0.2) is 0 Å². The first kappa shape index (κ1) is 8.98. The molecular formula is C8H12N2. The third-order valence-corrected chi connectivity index (χ3v) is 1.77. The second-order valence-corrected chi connectivity index (χ2v) is 2.59. The lowest BCUT2D eigenvalue weighted by Gasteiger charge is -2.09. The Morgan fingerprint density at radius 2 is 1.90 bits per heavy atom. The minimum atomic E-state index is 0.0772. The Balaban J connectivity index is 3.56. The van der Waals surface area contributed by atoms with Crippen LogP contribution in [0.3, 0.4) is 0 Å². The number of rotatable bonds is 3. The van der Waals surface area contributed by atoms with Gasteiger partial charge in [0, 0.05) is 12.3 Å². The number of hydrogen-bond donors (Lipinski definition) is 0. The van der Waals surface area contributed by atoms with Gasteiger partial charge < -0.3 is 0 Å². The van der Waals surface area contributed by atoms with Gasteiger partial charge in [0.2, 0.25) is 0 Å². The SMILES string of the molecule is CC(C#N)C(C)CCC#N. The lowest BCUT2D eigenvalue weighted by atomic mass is 9.93. The molecule has 0 aromatic heterocycles. The largest absolute Gasteiger partial charge is 0.198 e. The summed E-state index contributed by atoms with van der Waals surface area (Å²) in [7, 11) is 0. The molecule has 0 fully saturated rings. The lowest BCUT2D eigenvalue weighted by molar-refractivity contribution is 0.441. The van der Waals surface area contributed by atoms with Gasteiger partial charge in [-0.1, -0.05) is 6.92 Å². The van der Waals surface area contributed by atoms with E-state index in [4.69, 9.17) is 10.5 Å². The van der Waals surface area contributed by atoms with Crippen LogP contribution in [0.4, 0.5) is 0 Å². The van der Waals surface area contributed by atoms with Crippen molar-refractivity contribution in [1.29, 1.82) is 10.5 Å². The zero-order valence-corrected chi connectivity index (χ0v) is 6.46. The zero-order valence-electron chi connectivity index (χ0n) is 6.46. The Morgan fingerprint density at radius 3 is 2.30 bits per heavy atom. The normalized spacial score (nSPS) is 14.8. The van der Waals surface area contributed by atoms with Crippen molar-refractivity contribution in [2.75, 3.05) is 0 Å². The quantitative estimate of drug-likeness (QED) is 0.596. The van der Waals surface area contributed by atoms with Crippen LogP contribution in [0.2, 0.25) is 0 Å². The van der Waals surface area contributed by atoms with Crippen LogP contribution in [0.1, 0.15) is 26.7 Å². The minimum Gasteiger partial charge on any atom is -0.198 e. The molecule has 54 valence electrons. The molecule has 0 aliphatic rings. The van der Waals surface area contributed by atoms with E-state index in [0.717, 1.165) is 6.42 Å². The molecule has 0 spiro atoms. The average Bonchev–Trinajstić information content (AvgIpc) is 1.98. The van der Waals surface area contributed by atoms with Gasteiger partial charge in [-0.15, -0.1) is 0 Å². The molecular weight excluding hydrogens is 124 g/mol. The Morgan fingerprint density at radius 1 is 1.30 bits per heavy atom. The van der Waals surface area contributed by atoms with Gasteiger partial charge >= 0.3 is 0 Å². The highest BCUT2D eigenvalue weighted by Crippen LogP contribution is 2.14. The topological polar surface area (TPSA) is 47.6 Å². The first-order chi connectivity index (χ1) is 4.72. The van der Waals surface area contributed by atoms with Crippen LogP contribution < -0.4 is 0 Å². The Bertz CT molecular complexity index is 161. The van der Waals surface area contributed by atoms with Crippen LogP contribution in [-0.2, 0) is 0 Å². The molecule has 0 aliphatic heterocycles. The summed E-state index contributed by atoms with van der Waals surface area (Å²) in [6.45, 7) is 3.90. The van der Waals surface area contributed by atoms with E-state index in [-0.39, 0.29) is 5.92 Å². The van der Waals surface area contributed by atoms with E-state index in [1.54, 1.807) is 0 Å². The van der Waals surface area contributed by atoms with E-state index < -0.39 is 0 Å². The number of hydrogen-bond acceptors (Lipinski definition) is 2. The maximum atomic E-state index is 8.47. The van der Waals surface area contributed by atoms with Gasteiger partial charge in [0.1, 0.15) is 0 Å². The summed E-state index contributed by atoms with van der Waals surface area (Å²) >= 11 is 0. The van der Waals surface area contributed by atoms with Gasteiger partial charge in [-0.25, -0.2) is 0 Å². The van der Waals surface area contributed by atoms with Crippen molar-refractivity contribution < 1.29 is 0 Å². The molecule has 0 N–H and O–H groups in total. The predicted molar refractivity (Wildman–Crippen MR) is 38.8 cm³/mol. The van der Waals surface area contributed by atoms with Gasteiger partial charge in [-0.2, -0.15) is 10.5 Å². The van der Waals surface area contributed by atoms with E-state index in [9.17, 15) is 0 Å². The van der Waals surface area contributed by atoms with Crippen molar-refractivity contribution in [3.63, 3.8) is 0 Å². The first-order valence-electron chi connectivity index (χ1n) is 3.49. The molecule has 0 rings (SSSR count). The Hall–Kier alpha value is -1.02. The lowest BCUT2D eigenvalue weighted by Crippen LogP contribution is -2.04. The van der Waals surface area contributed by atoms with Crippen LogP contribution in [-0.4, -0.2) is 0 Å². The Labute approximate surface area is 62.1 Å². The van der Waals surface area contributed by atoms with Crippen LogP contribution >= 0.6 is 0 Å². The molecule has 2 heteroatoms. The van der Waals surface area contributed by atoms with Crippen molar-refractivity contribution in [3.8, 4) is 12.1 Å². The van der Waals surface area contributed by atoms with Crippen molar-refractivity contribution >= 4 is 0 Å². The maximum absolute atomic E-state index is 8.47. The highest BCUT2D eigenvalue weighted by atomic mass is 14.3. The minimum absolute atomic E-state index is 0.0772. The van der Waals surface area contributed by atoms with Crippen LogP contribution in [0.5, 0.6) is 0 Å². The van der Waals surface area contributed by atoms with Crippen molar-refractivity contribution in [3.05, 3.63) is 0 Å². The summed E-state index contributed by atoms with van der Waals surface area (Å²) in [4.78, 5) is 0. The van der Waals surface area contributed by atoms with Gasteiger partial charge in [-0.05, 0) is 19.3 Å². The van der Waals surface area contributed by atoms with Crippen molar-refractivity contribution in [2.24, 2.45) is 11.8 Å². The number of nitrogens with zero attached hydrogens (tertiary/aromatic N) is 2. The second kappa shape index (κ2) is 4.82. The zero-order chi connectivity index (χ0) is 7.98. The molecule has 0 heterocycles. The molecule has 0 radical (unpaired) electrons. The van der Waals surface area contributed by atoms with Crippen LogP contribution in [0.25, 0.3) is 0 Å². The van der Waals surface area contributed by atoms with Gasteiger partial charge in [0.25, 0.3) is 0 Å². The Kier molecular flexibility index (Phi) is 4.33. The smallest absolute Gasteiger partial charge is 0.0655 e. The molecule has 0 bridgehead atoms. The van der Waals surface area contributed by atoms with Crippen molar-refractivity contribution in [2.45, 2.75) is 26.7 Å². The molecule has 2 unspecified atom stereocenters. The third kappa shape index (κ3) is 3.10. The average molecular weight is 136 g/mol. The molecule has 0 amide bonds. The standard InChI is InChI=1S/C8H12N2/c1-7(4-3-5-9)8(2)6-10/h7-8H,3-4H2,1-2H3. The van der Waals surface area contributed by atoms with Crippen LogP contribution in [0, 0.1) is 34.5 Å². The highest BCUT2D eigenvalue weighted by Gasteiger charge is 2.09. The van der Waals surface area contributed by atoms with E-state index in [1.165, 1.54) is 0 Å². The molecule has 0 saturated carbocycles. The molecule has 2 nitrogen and oxygen atoms in total. The first-order valence-corrected chi connectivity index (χ1v) is 3.49. The summed E-state index contributed by atoms with van der Waals surface area (Å²) in [6.07, 6.45) is 1.40. The molecule has 0 aromatic rings. The molecule has 0 aliphatic carbocycles. The van der Waals surface area contributed by atoms with E-state index >= 15 is 0 Å². The molecule has 2 atom stereocenters. The molecule has 0 aromatic carbocycles. The van der Waals surface area contributed by atoms with E-state index in [1.807, 2.05) is 13.8 Å². The van der Waals surface area contributed by atoms with Gasteiger partial charge in [-0.3, -0.25) is 0 Å². The fourth-order valence-corrected chi connectivity index (χ4v) is 0.669. The van der Waals surface area contributed by atoms with Gasteiger partial charge in [0.05, 0.1) is 12.1 Å².